The molecule has 0 aromatic rings. The van der Waals surface area contributed by atoms with Gasteiger partial charge in [-0.25, -0.2) is 0 Å². The number of aliphatic carboxylic acids is 1. The van der Waals surface area contributed by atoms with Gasteiger partial charge in [-0.1, -0.05) is 6.42 Å². The fraction of sp³-hybridized carbons (Fsp3) is 0.917. The van der Waals surface area contributed by atoms with Crippen molar-refractivity contribution in [3.63, 3.8) is 0 Å². The van der Waals surface area contributed by atoms with Crippen molar-refractivity contribution in [2.75, 3.05) is 13.1 Å². The summed E-state index contributed by atoms with van der Waals surface area (Å²) in [4.78, 5) is 13.0. The average molecular weight is 211 g/mol. The molecule has 15 heavy (non-hydrogen) atoms. The molecule has 86 valence electrons. The van der Waals surface area contributed by atoms with Gasteiger partial charge in [0.2, 0.25) is 0 Å². The molecule has 1 spiro atoms. The van der Waals surface area contributed by atoms with E-state index in [4.69, 9.17) is 5.11 Å². The molecule has 1 saturated heterocycles. The minimum atomic E-state index is -0.679. The third-order valence-corrected chi connectivity index (χ3v) is 4.27. The summed E-state index contributed by atoms with van der Waals surface area (Å²) in [7, 11) is 0. The van der Waals surface area contributed by atoms with Crippen LogP contribution in [-0.4, -0.2) is 34.6 Å². The smallest absolute Gasteiger partial charge is 0.303 e. The number of hydrogen-bond donors (Lipinski definition) is 1. The Labute approximate surface area is 91.5 Å². The fourth-order valence-corrected chi connectivity index (χ4v) is 2.76. The summed E-state index contributed by atoms with van der Waals surface area (Å²) in [6, 6.07) is 0. The van der Waals surface area contributed by atoms with Gasteiger partial charge in [0.1, 0.15) is 0 Å². The molecular weight excluding hydrogens is 190 g/mol. The van der Waals surface area contributed by atoms with Gasteiger partial charge in [-0.2, -0.15) is 0 Å². The Morgan fingerprint density at radius 1 is 1.40 bits per heavy atom. The van der Waals surface area contributed by atoms with Crippen molar-refractivity contribution in [1.82, 2.24) is 4.90 Å². The molecule has 0 amide bonds. The quantitative estimate of drug-likeness (QED) is 0.774. The molecule has 0 bridgehead atoms. The maximum absolute atomic E-state index is 10.6. The highest BCUT2D eigenvalue weighted by atomic mass is 16.4. The van der Waals surface area contributed by atoms with Crippen LogP contribution in [-0.2, 0) is 4.79 Å². The van der Waals surface area contributed by atoms with E-state index < -0.39 is 5.97 Å². The van der Waals surface area contributed by atoms with Gasteiger partial charge in [0.15, 0.2) is 0 Å². The summed E-state index contributed by atoms with van der Waals surface area (Å²) in [6.45, 7) is 6.72. The number of likely N-dealkylation sites (tertiary alicyclic amines) is 1. The summed E-state index contributed by atoms with van der Waals surface area (Å²) in [5.41, 5.74) is 0.708. The van der Waals surface area contributed by atoms with E-state index in [1.165, 1.54) is 32.4 Å². The second-order valence-corrected chi connectivity index (χ2v) is 5.92. The highest BCUT2D eigenvalue weighted by Crippen LogP contribution is 2.50. The summed E-state index contributed by atoms with van der Waals surface area (Å²) < 4.78 is 0. The molecule has 1 N–H and O–H groups in total. The third kappa shape index (κ3) is 2.03. The van der Waals surface area contributed by atoms with Crippen molar-refractivity contribution in [3.05, 3.63) is 0 Å². The Kier molecular flexibility index (Phi) is 2.53. The first-order chi connectivity index (χ1) is 6.94. The molecule has 2 aliphatic rings. The normalized spacial score (nSPS) is 24.7. The molecule has 0 aromatic carbocycles. The first-order valence-corrected chi connectivity index (χ1v) is 5.91. The molecule has 0 aromatic heterocycles. The first kappa shape index (κ1) is 10.9. The van der Waals surface area contributed by atoms with Crippen molar-refractivity contribution < 1.29 is 9.90 Å². The molecule has 0 radical (unpaired) electrons. The maximum atomic E-state index is 10.6. The molecule has 2 rings (SSSR count). The Bertz CT molecular complexity index is 261. The highest BCUT2D eigenvalue weighted by Gasteiger charge is 2.50. The molecule has 0 unspecified atom stereocenters. The molecule has 0 atom stereocenters. The van der Waals surface area contributed by atoms with Gasteiger partial charge in [-0.05, 0) is 38.5 Å². The molecule has 1 saturated carbocycles. The van der Waals surface area contributed by atoms with E-state index >= 15 is 0 Å². The van der Waals surface area contributed by atoms with Crippen LogP contribution in [0, 0.1) is 5.41 Å². The minimum absolute atomic E-state index is 0.0687. The first-order valence-electron chi connectivity index (χ1n) is 5.91. The molecule has 1 aliphatic heterocycles. The highest BCUT2D eigenvalue weighted by molar-refractivity contribution is 5.66. The van der Waals surface area contributed by atoms with Crippen LogP contribution in [0.4, 0.5) is 0 Å². The standard InChI is InChI=1S/C12H21NO2/c1-11(2,7-4-10(14)15)13-8-12(9-13)5-3-6-12/h3-9H2,1-2H3,(H,14,15). The molecule has 3 nitrogen and oxygen atoms in total. The Morgan fingerprint density at radius 2 is 2.00 bits per heavy atom. The molecule has 3 heteroatoms. The number of nitrogens with zero attached hydrogens (tertiary/aromatic N) is 1. The van der Waals surface area contributed by atoms with Crippen LogP contribution in [0.3, 0.4) is 0 Å². The van der Waals surface area contributed by atoms with Crippen molar-refractivity contribution in [2.45, 2.75) is 51.5 Å². The largest absolute Gasteiger partial charge is 0.481 e. The summed E-state index contributed by atoms with van der Waals surface area (Å²) in [5, 5.41) is 8.69. The van der Waals surface area contributed by atoms with E-state index in [-0.39, 0.29) is 12.0 Å². The van der Waals surface area contributed by atoms with Gasteiger partial charge in [0.05, 0.1) is 0 Å². The van der Waals surface area contributed by atoms with E-state index in [1.54, 1.807) is 0 Å². The molecule has 2 fully saturated rings. The predicted octanol–water partition coefficient (Wildman–Crippen LogP) is 2.12. The summed E-state index contributed by atoms with van der Waals surface area (Å²) >= 11 is 0. The van der Waals surface area contributed by atoms with Crippen LogP contribution < -0.4 is 0 Å². The van der Waals surface area contributed by atoms with E-state index in [0.717, 1.165) is 6.42 Å². The van der Waals surface area contributed by atoms with E-state index in [2.05, 4.69) is 18.7 Å². The monoisotopic (exact) mass is 211 g/mol. The van der Waals surface area contributed by atoms with Gasteiger partial charge >= 0.3 is 5.97 Å². The number of carbonyl (C=O) groups is 1. The van der Waals surface area contributed by atoms with Crippen molar-refractivity contribution in [2.24, 2.45) is 5.41 Å². The zero-order chi connectivity index (χ0) is 11.1. The van der Waals surface area contributed by atoms with E-state index in [0.29, 0.717) is 5.41 Å². The van der Waals surface area contributed by atoms with Gasteiger partial charge in [-0.3, -0.25) is 9.69 Å². The van der Waals surface area contributed by atoms with Crippen LogP contribution >= 0.6 is 0 Å². The zero-order valence-electron chi connectivity index (χ0n) is 9.75. The zero-order valence-corrected chi connectivity index (χ0v) is 9.75. The number of carboxylic acids is 1. The summed E-state index contributed by atoms with van der Waals surface area (Å²) in [6.07, 6.45) is 5.22. The van der Waals surface area contributed by atoms with E-state index in [1.807, 2.05) is 0 Å². The molecule has 1 aliphatic carbocycles. The Morgan fingerprint density at radius 3 is 2.40 bits per heavy atom. The van der Waals surface area contributed by atoms with Crippen LogP contribution in [0.2, 0.25) is 0 Å². The van der Waals surface area contributed by atoms with Crippen molar-refractivity contribution >= 4 is 5.97 Å². The Hall–Kier alpha value is -0.570. The second-order valence-electron chi connectivity index (χ2n) is 5.92. The van der Waals surface area contributed by atoms with Gasteiger partial charge < -0.3 is 5.11 Å². The fourth-order valence-electron chi connectivity index (χ4n) is 2.76. The number of hydrogen-bond acceptors (Lipinski definition) is 2. The summed E-state index contributed by atoms with van der Waals surface area (Å²) in [5.74, 6) is -0.679. The Balaban J connectivity index is 1.80. The predicted molar refractivity (Wildman–Crippen MR) is 58.8 cm³/mol. The van der Waals surface area contributed by atoms with Gasteiger partial charge in [-0.15, -0.1) is 0 Å². The third-order valence-electron chi connectivity index (χ3n) is 4.27. The van der Waals surface area contributed by atoms with Crippen LogP contribution in [0.15, 0.2) is 0 Å². The van der Waals surface area contributed by atoms with Crippen molar-refractivity contribution in [1.29, 1.82) is 0 Å². The number of carboxylic acid groups (broad SMARTS) is 1. The molecular formula is C12H21NO2. The SMILES string of the molecule is CC(C)(CCC(=O)O)N1CC2(CCC2)C1. The lowest BCUT2D eigenvalue weighted by molar-refractivity contribution is -0.140. The lowest BCUT2D eigenvalue weighted by atomic mass is 9.62. The van der Waals surface area contributed by atoms with Crippen LogP contribution in [0.5, 0.6) is 0 Å². The lowest BCUT2D eigenvalue weighted by Gasteiger charge is -2.61. The van der Waals surface area contributed by atoms with Crippen LogP contribution in [0.25, 0.3) is 0 Å². The van der Waals surface area contributed by atoms with Gasteiger partial charge in [0.25, 0.3) is 0 Å². The van der Waals surface area contributed by atoms with Crippen molar-refractivity contribution in [3.8, 4) is 0 Å². The maximum Gasteiger partial charge on any atom is 0.303 e. The lowest BCUT2D eigenvalue weighted by Crippen LogP contribution is -2.65. The topological polar surface area (TPSA) is 40.5 Å². The average Bonchev–Trinajstić information content (AvgIpc) is 1.95. The number of rotatable bonds is 4. The van der Waals surface area contributed by atoms with Gasteiger partial charge in [0, 0.05) is 25.0 Å². The van der Waals surface area contributed by atoms with Crippen LogP contribution in [0.1, 0.15) is 46.0 Å². The second kappa shape index (κ2) is 3.48. The molecule has 1 heterocycles. The van der Waals surface area contributed by atoms with E-state index in [9.17, 15) is 4.79 Å². The minimum Gasteiger partial charge on any atom is -0.481 e.